The van der Waals surface area contributed by atoms with Gasteiger partial charge in [0.2, 0.25) is 10.0 Å². The van der Waals surface area contributed by atoms with E-state index in [-0.39, 0.29) is 16.6 Å². The summed E-state index contributed by atoms with van der Waals surface area (Å²) in [5.41, 5.74) is -0.140. The van der Waals surface area contributed by atoms with Crippen LogP contribution in [0.2, 0.25) is 10.0 Å². The topological polar surface area (TPSA) is 86.3 Å². The van der Waals surface area contributed by atoms with Gasteiger partial charge < -0.3 is 9.90 Å². The smallest absolute Gasteiger partial charge is 0.243 e. The molecule has 0 aliphatic carbocycles. The molecule has 23 heavy (non-hydrogen) atoms. The first kappa shape index (κ1) is 17.7. The first-order valence-electron chi connectivity index (χ1n) is 6.16. The van der Waals surface area contributed by atoms with Crippen molar-refractivity contribution in [1.82, 2.24) is 4.72 Å². The minimum atomic E-state index is -4.31. The molecule has 5 nitrogen and oxygen atoms in total. The van der Waals surface area contributed by atoms with E-state index in [9.17, 15) is 22.7 Å². The Morgan fingerprint density at radius 3 is 2.35 bits per heavy atom. The number of nitrogens with one attached hydrogen (secondary N) is 1. The number of carboxylic acid groups (broad SMARTS) is 1. The Labute approximate surface area is 141 Å². The zero-order valence-electron chi connectivity index (χ0n) is 11.3. The van der Waals surface area contributed by atoms with Gasteiger partial charge in [0.05, 0.1) is 5.97 Å². The van der Waals surface area contributed by atoms with Gasteiger partial charge in [-0.15, -0.1) is 0 Å². The lowest BCUT2D eigenvalue weighted by molar-refractivity contribution is -0.255. The van der Waals surface area contributed by atoms with Crippen molar-refractivity contribution in [1.29, 1.82) is 0 Å². The van der Waals surface area contributed by atoms with Gasteiger partial charge in [0.25, 0.3) is 0 Å². The third-order valence-electron chi connectivity index (χ3n) is 2.96. The van der Waals surface area contributed by atoms with Gasteiger partial charge in [-0.1, -0.05) is 35.3 Å². The number of hydrogen-bond donors (Lipinski definition) is 1. The molecular weight excluding hydrogens is 368 g/mol. The van der Waals surface area contributed by atoms with E-state index in [1.54, 1.807) is 6.07 Å². The second-order valence-electron chi connectivity index (χ2n) is 4.46. The molecule has 0 saturated heterocycles. The third kappa shape index (κ3) is 4.00. The Morgan fingerprint density at radius 1 is 1.17 bits per heavy atom. The van der Waals surface area contributed by atoms with Crippen molar-refractivity contribution >= 4 is 39.2 Å². The molecule has 0 amide bonds. The van der Waals surface area contributed by atoms with Crippen molar-refractivity contribution in [3.05, 3.63) is 63.4 Å². The lowest BCUT2D eigenvalue weighted by atomic mass is 10.2. The van der Waals surface area contributed by atoms with Gasteiger partial charge in [-0.3, -0.25) is 0 Å². The van der Waals surface area contributed by atoms with Gasteiger partial charge >= 0.3 is 0 Å². The molecule has 0 aliphatic rings. The van der Waals surface area contributed by atoms with Gasteiger partial charge in [0, 0.05) is 22.2 Å². The number of sulfonamides is 1. The van der Waals surface area contributed by atoms with Gasteiger partial charge in [0.15, 0.2) is 0 Å². The zero-order chi connectivity index (χ0) is 17.2. The summed E-state index contributed by atoms with van der Waals surface area (Å²) in [5, 5.41) is 11.3. The van der Waals surface area contributed by atoms with Crippen LogP contribution in [0.1, 0.15) is 15.9 Å². The molecule has 0 atom stereocenters. The van der Waals surface area contributed by atoms with Gasteiger partial charge in [-0.05, 0) is 29.8 Å². The summed E-state index contributed by atoms with van der Waals surface area (Å²) in [6.07, 6.45) is 0. The van der Waals surface area contributed by atoms with Crippen LogP contribution < -0.4 is 9.83 Å². The first-order chi connectivity index (χ1) is 10.7. The van der Waals surface area contributed by atoms with Crippen molar-refractivity contribution in [2.75, 3.05) is 0 Å². The lowest BCUT2D eigenvalue weighted by Crippen LogP contribution is -2.26. The predicted molar refractivity (Wildman–Crippen MR) is 81.2 cm³/mol. The van der Waals surface area contributed by atoms with Crippen LogP contribution in [0.15, 0.2) is 41.3 Å². The highest BCUT2D eigenvalue weighted by Crippen LogP contribution is 2.25. The van der Waals surface area contributed by atoms with Gasteiger partial charge in [-0.25, -0.2) is 17.5 Å². The number of carbonyl (C=O) groups excluding carboxylic acids is 1. The molecule has 2 aromatic rings. The quantitative estimate of drug-likeness (QED) is 0.863. The molecule has 0 saturated carbocycles. The minimum Gasteiger partial charge on any atom is -0.545 e. The van der Waals surface area contributed by atoms with Crippen molar-refractivity contribution in [2.45, 2.75) is 11.4 Å². The first-order valence-corrected chi connectivity index (χ1v) is 8.40. The normalized spacial score (nSPS) is 11.4. The Kier molecular flexibility index (Phi) is 5.26. The standard InChI is InChI=1S/C14H10Cl2FNO4S/c15-10-2-1-3-11(16)9(10)7-18-23(21,22)13-6-8(14(19)20)4-5-12(13)17/h1-6,18H,7H2,(H,19,20)/p-1. The van der Waals surface area contributed by atoms with Crippen molar-refractivity contribution in [2.24, 2.45) is 0 Å². The maximum Gasteiger partial charge on any atom is 0.243 e. The van der Waals surface area contributed by atoms with E-state index in [4.69, 9.17) is 23.2 Å². The highest BCUT2D eigenvalue weighted by atomic mass is 35.5. The zero-order valence-corrected chi connectivity index (χ0v) is 13.7. The molecule has 0 bridgehead atoms. The molecule has 122 valence electrons. The molecule has 9 heteroatoms. The fourth-order valence-electron chi connectivity index (χ4n) is 1.78. The van der Waals surface area contributed by atoms with Crippen LogP contribution in [0.4, 0.5) is 4.39 Å². The van der Waals surface area contributed by atoms with E-state index in [2.05, 4.69) is 4.72 Å². The molecule has 0 fully saturated rings. The molecule has 2 rings (SSSR count). The van der Waals surface area contributed by atoms with Crippen molar-refractivity contribution < 1.29 is 22.7 Å². The molecule has 0 heterocycles. The van der Waals surface area contributed by atoms with Crippen LogP contribution in [0.5, 0.6) is 0 Å². The Hall–Kier alpha value is -1.67. The number of rotatable bonds is 5. The van der Waals surface area contributed by atoms with E-state index < -0.39 is 32.3 Å². The number of aromatic carboxylic acids is 1. The summed E-state index contributed by atoms with van der Waals surface area (Å²) in [4.78, 5) is 9.97. The summed E-state index contributed by atoms with van der Waals surface area (Å²) < 4.78 is 40.2. The Bertz CT molecular complexity index is 851. The molecule has 0 unspecified atom stereocenters. The van der Waals surface area contributed by atoms with E-state index >= 15 is 0 Å². The van der Waals surface area contributed by atoms with Crippen LogP contribution in [-0.4, -0.2) is 14.4 Å². The van der Waals surface area contributed by atoms with Crippen LogP contribution in [0, 0.1) is 5.82 Å². The monoisotopic (exact) mass is 376 g/mol. The average Bonchev–Trinajstić information content (AvgIpc) is 2.46. The maximum atomic E-state index is 13.7. The van der Waals surface area contributed by atoms with E-state index in [0.29, 0.717) is 11.6 Å². The van der Waals surface area contributed by atoms with Crippen LogP contribution >= 0.6 is 23.2 Å². The van der Waals surface area contributed by atoms with E-state index in [0.717, 1.165) is 12.1 Å². The van der Waals surface area contributed by atoms with Crippen molar-refractivity contribution in [3.63, 3.8) is 0 Å². The number of halogens is 3. The Balaban J connectivity index is 2.33. The molecule has 0 aromatic heterocycles. The second-order valence-corrected chi connectivity index (χ2v) is 7.01. The maximum absolute atomic E-state index is 13.7. The second kappa shape index (κ2) is 6.84. The fraction of sp³-hybridized carbons (Fsp3) is 0.0714. The molecule has 0 spiro atoms. The number of hydrogen-bond acceptors (Lipinski definition) is 4. The van der Waals surface area contributed by atoms with E-state index in [1.165, 1.54) is 12.1 Å². The van der Waals surface area contributed by atoms with Crippen LogP contribution in [0.3, 0.4) is 0 Å². The largest absolute Gasteiger partial charge is 0.545 e. The van der Waals surface area contributed by atoms with Crippen molar-refractivity contribution in [3.8, 4) is 0 Å². The summed E-state index contributed by atoms with van der Waals surface area (Å²) in [7, 11) is -4.31. The third-order valence-corrected chi connectivity index (χ3v) is 5.08. The molecule has 2 aromatic carbocycles. The minimum absolute atomic E-state index is 0.240. The SMILES string of the molecule is O=C([O-])c1ccc(F)c(S(=O)(=O)NCc2c(Cl)cccc2Cl)c1. The molecule has 0 radical (unpaired) electrons. The molecule has 1 N–H and O–H groups in total. The van der Waals surface area contributed by atoms with Crippen LogP contribution in [-0.2, 0) is 16.6 Å². The fourth-order valence-corrected chi connectivity index (χ4v) is 3.41. The highest BCUT2D eigenvalue weighted by Gasteiger charge is 2.20. The predicted octanol–water partition coefficient (Wildman–Crippen LogP) is 1.97. The average molecular weight is 377 g/mol. The Morgan fingerprint density at radius 2 is 1.78 bits per heavy atom. The van der Waals surface area contributed by atoms with E-state index in [1.807, 2.05) is 0 Å². The van der Waals surface area contributed by atoms with Gasteiger partial charge in [0.1, 0.15) is 10.7 Å². The summed E-state index contributed by atoms with van der Waals surface area (Å²) >= 11 is 11.8. The van der Waals surface area contributed by atoms with Gasteiger partial charge in [-0.2, -0.15) is 0 Å². The summed E-state index contributed by atoms with van der Waals surface area (Å²) in [6.45, 7) is -0.282. The number of carbonyl (C=O) groups is 1. The molecular formula is C14H9Cl2FNO4S-. The molecule has 0 aliphatic heterocycles. The lowest BCUT2D eigenvalue weighted by Gasteiger charge is -2.11. The number of carboxylic acids is 1. The highest BCUT2D eigenvalue weighted by molar-refractivity contribution is 7.89. The number of benzene rings is 2. The van der Waals surface area contributed by atoms with Crippen LogP contribution in [0.25, 0.3) is 0 Å². The summed E-state index contributed by atoms with van der Waals surface area (Å²) in [5.74, 6) is -2.71. The summed E-state index contributed by atoms with van der Waals surface area (Å²) in [6, 6.07) is 6.96.